The monoisotopic (exact) mass is 213 g/mol. The lowest BCUT2D eigenvalue weighted by Crippen LogP contribution is -2.41. The van der Waals surface area contributed by atoms with Gasteiger partial charge < -0.3 is 14.6 Å². The zero-order valence-corrected chi connectivity index (χ0v) is 10.2. The van der Waals surface area contributed by atoms with Gasteiger partial charge in [0.15, 0.2) is 0 Å². The third-order valence-corrected chi connectivity index (χ3v) is 3.06. The number of amides is 1. The highest BCUT2D eigenvalue weighted by Crippen LogP contribution is 2.37. The molecule has 15 heavy (non-hydrogen) atoms. The summed E-state index contributed by atoms with van der Waals surface area (Å²) in [6.07, 6.45) is 0.687. The molecule has 0 spiro atoms. The summed E-state index contributed by atoms with van der Waals surface area (Å²) in [5.74, 6) is -0.0217. The number of nitrogens with one attached hydrogen (secondary N) is 1. The molecule has 86 valence electrons. The summed E-state index contributed by atoms with van der Waals surface area (Å²) in [6, 6.07) is 0. The Morgan fingerprint density at radius 2 is 1.67 bits per heavy atom. The molecule has 1 rings (SSSR count). The summed E-state index contributed by atoms with van der Waals surface area (Å²) >= 11 is 0. The van der Waals surface area contributed by atoms with Crippen molar-refractivity contribution in [2.75, 3.05) is 6.54 Å². The molecule has 0 aromatic heterocycles. The second kappa shape index (κ2) is 4.14. The van der Waals surface area contributed by atoms with Crippen LogP contribution in [-0.4, -0.2) is 30.8 Å². The molecule has 0 unspecified atom stereocenters. The third-order valence-electron chi connectivity index (χ3n) is 3.06. The van der Waals surface area contributed by atoms with Gasteiger partial charge in [-0.1, -0.05) is 0 Å². The zero-order valence-electron chi connectivity index (χ0n) is 10.2. The van der Waals surface area contributed by atoms with Gasteiger partial charge in [-0.3, -0.25) is 4.79 Å². The number of carbonyl (C=O) groups is 1. The van der Waals surface area contributed by atoms with Gasteiger partial charge in [-0.2, -0.15) is 0 Å². The van der Waals surface area contributed by atoms with Crippen LogP contribution in [0.25, 0.3) is 0 Å². The van der Waals surface area contributed by atoms with Gasteiger partial charge in [0.1, 0.15) is 0 Å². The Morgan fingerprint density at radius 1 is 1.20 bits per heavy atom. The van der Waals surface area contributed by atoms with Gasteiger partial charge >= 0.3 is 7.12 Å². The fourth-order valence-electron chi connectivity index (χ4n) is 1.45. The molecule has 4 nitrogen and oxygen atoms in total. The first-order chi connectivity index (χ1) is 6.74. The van der Waals surface area contributed by atoms with Crippen LogP contribution in [-0.2, 0) is 14.1 Å². The maximum atomic E-state index is 10.7. The van der Waals surface area contributed by atoms with Gasteiger partial charge in [0.05, 0.1) is 11.2 Å². The molecular weight excluding hydrogens is 193 g/mol. The van der Waals surface area contributed by atoms with E-state index in [0.717, 1.165) is 0 Å². The van der Waals surface area contributed by atoms with Crippen LogP contribution >= 0.6 is 0 Å². The fraction of sp³-hybridized carbons (Fsp3) is 0.900. The molecule has 0 saturated carbocycles. The van der Waals surface area contributed by atoms with E-state index in [9.17, 15) is 4.79 Å². The van der Waals surface area contributed by atoms with Crippen LogP contribution in [0, 0.1) is 0 Å². The van der Waals surface area contributed by atoms with E-state index in [2.05, 4.69) is 5.32 Å². The van der Waals surface area contributed by atoms with Gasteiger partial charge in [0, 0.05) is 13.5 Å². The molecule has 1 N–H and O–H groups in total. The topological polar surface area (TPSA) is 47.6 Å². The van der Waals surface area contributed by atoms with Gasteiger partial charge in [-0.25, -0.2) is 0 Å². The normalized spacial score (nSPS) is 22.9. The molecule has 1 aliphatic rings. The summed E-state index contributed by atoms with van der Waals surface area (Å²) in [5.41, 5.74) is -0.568. The van der Waals surface area contributed by atoms with Gasteiger partial charge in [-0.05, 0) is 34.0 Å². The van der Waals surface area contributed by atoms with Crippen LogP contribution in [0.15, 0.2) is 0 Å². The molecule has 0 radical (unpaired) electrons. The van der Waals surface area contributed by atoms with Crippen LogP contribution in [0.1, 0.15) is 34.6 Å². The van der Waals surface area contributed by atoms with Crippen LogP contribution in [0.3, 0.4) is 0 Å². The largest absolute Gasteiger partial charge is 0.459 e. The summed E-state index contributed by atoms with van der Waals surface area (Å²) in [7, 11) is -0.221. The molecule has 0 atom stereocenters. The minimum atomic E-state index is -0.284. The molecule has 0 aliphatic carbocycles. The highest BCUT2D eigenvalue weighted by molar-refractivity contribution is 6.45. The molecule has 1 heterocycles. The summed E-state index contributed by atoms with van der Waals surface area (Å²) in [6.45, 7) is 10.2. The van der Waals surface area contributed by atoms with Gasteiger partial charge in [-0.15, -0.1) is 0 Å². The summed E-state index contributed by atoms with van der Waals surface area (Å²) in [5, 5.41) is 2.73. The van der Waals surface area contributed by atoms with Crippen molar-refractivity contribution in [1.82, 2.24) is 5.32 Å². The smallest absolute Gasteiger partial charge is 0.403 e. The van der Waals surface area contributed by atoms with E-state index in [0.29, 0.717) is 12.9 Å². The molecule has 0 aromatic rings. The van der Waals surface area contributed by atoms with Crippen molar-refractivity contribution in [2.24, 2.45) is 0 Å². The number of carbonyl (C=O) groups excluding carboxylic acids is 1. The molecule has 1 amide bonds. The lowest BCUT2D eigenvalue weighted by Gasteiger charge is -2.32. The summed E-state index contributed by atoms with van der Waals surface area (Å²) < 4.78 is 11.5. The van der Waals surface area contributed by atoms with Crippen molar-refractivity contribution in [3.63, 3.8) is 0 Å². The van der Waals surface area contributed by atoms with Crippen molar-refractivity contribution >= 4 is 13.0 Å². The van der Waals surface area contributed by atoms with Crippen molar-refractivity contribution in [3.8, 4) is 0 Å². The van der Waals surface area contributed by atoms with Crippen molar-refractivity contribution < 1.29 is 14.1 Å². The molecule has 1 saturated heterocycles. The maximum Gasteiger partial charge on any atom is 0.459 e. The molecule has 0 bridgehead atoms. The van der Waals surface area contributed by atoms with Gasteiger partial charge in [0.2, 0.25) is 5.91 Å². The van der Waals surface area contributed by atoms with E-state index >= 15 is 0 Å². The Bertz CT molecular complexity index is 237. The van der Waals surface area contributed by atoms with E-state index < -0.39 is 0 Å². The number of rotatable bonds is 3. The standard InChI is InChI=1S/C10H20BNO3/c1-8(13)12-7-6-11-14-9(2,3)10(4,5)15-11/h6-7H2,1-5H3,(H,12,13). The van der Waals surface area contributed by atoms with E-state index in [1.54, 1.807) is 0 Å². The van der Waals surface area contributed by atoms with E-state index in [4.69, 9.17) is 9.31 Å². The second-order valence-electron chi connectivity index (χ2n) is 4.96. The first-order valence-electron chi connectivity index (χ1n) is 5.35. The molecular formula is C10H20BNO3. The Balaban J connectivity index is 2.39. The highest BCUT2D eigenvalue weighted by atomic mass is 16.7. The van der Waals surface area contributed by atoms with Crippen molar-refractivity contribution in [3.05, 3.63) is 0 Å². The number of hydrogen-bond donors (Lipinski definition) is 1. The lowest BCUT2D eigenvalue weighted by atomic mass is 9.85. The zero-order chi connectivity index (χ0) is 11.7. The van der Waals surface area contributed by atoms with Crippen LogP contribution in [0.2, 0.25) is 6.32 Å². The quantitative estimate of drug-likeness (QED) is 0.717. The third kappa shape index (κ3) is 2.95. The maximum absolute atomic E-state index is 10.7. The molecule has 5 heteroatoms. The second-order valence-corrected chi connectivity index (χ2v) is 4.96. The predicted octanol–water partition coefficient (Wildman–Crippen LogP) is 1.21. The minimum absolute atomic E-state index is 0.0217. The Kier molecular flexibility index (Phi) is 3.46. The summed E-state index contributed by atoms with van der Waals surface area (Å²) in [4.78, 5) is 10.7. The number of hydrogen-bond acceptors (Lipinski definition) is 3. The SMILES string of the molecule is CC(=O)NCCB1OC(C)(C)C(C)(C)O1. The first-order valence-corrected chi connectivity index (χ1v) is 5.35. The molecule has 0 aromatic carbocycles. The Hall–Kier alpha value is -0.545. The molecule has 1 fully saturated rings. The molecule has 1 aliphatic heterocycles. The minimum Gasteiger partial charge on any atom is -0.403 e. The average molecular weight is 213 g/mol. The fourth-order valence-corrected chi connectivity index (χ4v) is 1.45. The Labute approximate surface area is 91.8 Å². The van der Waals surface area contributed by atoms with Crippen molar-refractivity contribution in [1.29, 1.82) is 0 Å². The van der Waals surface area contributed by atoms with E-state index in [1.807, 2.05) is 27.7 Å². The van der Waals surface area contributed by atoms with Crippen molar-refractivity contribution in [2.45, 2.75) is 52.1 Å². The highest BCUT2D eigenvalue weighted by Gasteiger charge is 2.50. The van der Waals surface area contributed by atoms with E-state index in [1.165, 1.54) is 6.92 Å². The van der Waals surface area contributed by atoms with Crippen LogP contribution in [0.5, 0.6) is 0 Å². The Morgan fingerprint density at radius 3 is 2.07 bits per heavy atom. The van der Waals surface area contributed by atoms with Crippen LogP contribution < -0.4 is 5.32 Å². The lowest BCUT2D eigenvalue weighted by molar-refractivity contribution is -0.118. The predicted molar refractivity (Wildman–Crippen MR) is 59.6 cm³/mol. The first kappa shape index (κ1) is 12.5. The van der Waals surface area contributed by atoms with E-state index in [-0.39, 0.29) is 24.2 Å². The average Bonchev–Trinajstić information content (AvgIpc) is 2.19. The van der Waals surface area contributed by atoms with Crippen LogP contribution in [0.4, 0.5) is 0 Å². The van der Waals surface area contributed by atoms with Gasteiger partial charge in [0.25, 0.3) is 0 Å².